The number of carboxylic acid groups (broad SMARTS) is 1. The van der Waals surface area contributed by atoms with E-state index in [1.807, 2.05) is 32.0 Å². The van der Waals surface area contributed by atoms with Crippen LogP contribution in [0.25, 0.3) is 11.5 Å². The van der Waals surface area contributed by atoms with Gasteiger partial charge in [-0.3, -0.25) is 19.5 Å². The first-order valence-corrected chi connectivity index (χ1v) is 12.5. The van der Waals surface area contributed by atoms with Crippen LogP contribution in [0.5, 0.6) is 0 Å². The summed E-state index contributed by atoms with van der Waals surface area (Å²) in [6.45, 7) is 7.02. The number of alkyl halides is 5. The highest BCUT2D eigenvalue weighted by Gasteiger charge is 2.44. The van der Waals surface area contributed by atoms with Crippen LogP contribution in [-0.2, 0) is 21.5 Å². The minimum atomic E-state index is -5.08. The maximum Gasteiger partial charge on any atom is 0.490 e. The topological polar surface area (TPSA) is 142 Å². The van der Waals surface area contributed by atoms with Gasteiger partial charge in [0.15, 0.2) is 0 Å². The van der Waals surface area contributed by atoms with E-state index in [9.17, 15) is 31.5 Å². The van der Waals surface area contributed by atoms with Crippen molar-refractivity contribution in [1.82, 2.24) is 25.4 Å². The summed E-state index contributed by atoms with van der Waals surface area (Å²) >= 11 is 0. The van der Waals surface area contributed by atoms with E-state index >= 15 is 0 Å². The van der Waals surface area contributed by atoms with Crippen LogP contribution in [0.3, 0.4) is 0 Å². The molecule has 0 radical (unpaired) electrons. The largest absolute Gasteiger partial charge is 0.490 e. The lowest BCUT2D eigenvalue weighted by Gasteiger charge is -2.38. The molecule has 2 aliphatic rings. The fraction of sp³-hybridized carbons (Fsp3) is 0.385. The quantitative estimate of drug-likeness (QED) is 0.332. The monoisotopic (exact) mass is 596 g/mol. The lowest BCUT2D eigenvalue weighted by atomic mass is 9.77. The third kappa shape index (κ3) is 6.37. The molecule has 11 nitrogen and oxygen atoms in total. The highest BCUT2D eigenvalue weighted by Crippen LogP contribution is 2.37. The minimum absolute atomic E-state index is 0.0230. The SMILES string of the molecule is CC1(C)C(=O)N(Cc2ccc(-c3nnc(C(F)F)o3)cn2)C(=O)c2cc(N3CCNCC3)ccc21.O=C(O)C(F)(F)F. The average Bonchev–Trinajstić information content (AvgIpc) is 3.46. The van der Waals surface area contributed by atoms with Crippen molar-refractivity contribution in [2.75, 3.05) is 31.1 Å². The molecule has 42 heavy (non-hydrogen) atoms. The number of nitrogens with one attached hydrogen (secondary N) is 1. The number of pyridine rings is 1. The molecule has 2 amide bonds. The van der Waals surface area contributed by atoms with Crippen LogP contribution >= 0.6 is 0 Å². The van der Waals surface area contributed by atoms with Crippen molar-refractivity contribution in [2.24, 2.45) is 0 Å². The zero-order valence-electron chi connectivity index (χ0n) is 22.3. The molecule has 0 atom stereocenters. The van der Waals surface area contributed by atoms with Crippen LogP contribution in [0.2, 0.25) is 0 Å². The second-order valence-corrected chi connectivity index (χ2v) is 9.88. The summed E-state index contributed by atoms with van der Waals surface area (Å²) in [5, 5.41) is 17.4. The van der Waals surface area contributed by atoms with Crippen LogP contribution in [0.4, 0.5) is 27.6 Å². The Morgan fingerprint density at radius 1 is 1.12 bits per heavy atom. The van der Waals surface area contributed by atoms with Gasteiger partial charge in [0.05, 0.1) is 23.2 Å². The summed E-state index contributed by atoms with van der Waals surface area (Å²) in [7, 11) is 0. The lowest BCUT2D eigenvalue weighted by Crippen LogP contribution is -2.51. The van der Waals surface area contributed by atoms with Gasteiger partial charge in [-0.05, 0) is 43.7 Å². The predicted octanol–water partition coefficient (Wildman–Crippen LogP) is 3.57. The first-order chi connectivity index (χ1) is 19.7. The zero-order valence-corrected chi connectivity index (χ0v) is 22.3. The number of carbonyl (C=O) groups excluding carboxylic acids is 2. The summed E-state index contributed by atoms with van der Waals surface area (Å²) in [5.74, 6) is -4.29. The third-order valence-electron chi connectivity index (χ3n) is 6.68. The number of hydrogen-bond acceptors (Lipinski definition) is 9. The number of carbonyl (C=O) groups is 3. The number of fused-ring (bicyclic) bond motifs is 1. The Morgan fingerprint density at radius 3 is 2.33 bits per heavy atom. The fourth-order valence-corrected chi connectivity index (χ4v) is 4.45. The van der Waals surface area contributed by atoms with Crippen LogP contribution in [0.15, 0.2) is 40.9 Å². The van der Waals surface area contributed by atoms with Gasteiger partial charge < -0.3 is 19.7 Å². The van der Waals surface area contributed by atoms with Crippen LogP contribution in [0.1, 0.15) is 47.8 Å². The first kappa shape index (κ1) is 30.5. The molecule has 4 heterocycles. The molecule has 0 unspecified atom stereocenters. The Labute approximate surface area is 235 Å². The molecule has 2 aliphatic heterocycles. The van der Waals surface area contributed by atoms with E-state index in [4.69, 9.17) is 14.3 Å². The molecule has 3 aromatic rings. The van der Waals surface area contributed by atoms with Crippen LogP contribution in [-0.4, -0.2) is 75.3 Å². The number of aromatic nitrogens is 3. The lowest BCUT2D eigenvalue weighted by molar-refractivity contribution is -0.192. The Bertz CT molecular complexity index is 1470. The molecule has 2 aromatic heterocycles. The Balaban J connectivity index is 0.000000517. The standard InChI is InChI=1S/C24H24F2N6O3.C2HF3O2/c1-24(2)18-6-5-16(31-9-7-27-8-10-31)11-17(18)22(33)32(23(24)34)13-15-4-3-14(12-28-15)20-29-30-21(35-20)19(25)26;3-2(4,5)1(6)7/h3-6,11-12,19,27H,7-10,13H2,1-2H3;(H,6,7). The van der Waals surface area contributed by atoms with Gasteiger partial charge in [0.1, 0.15) is 0 Å². The van der Waals surface area contributed by atoms with E-state index in [2.05, 4.69) is 25.4 Å². The number of anilines is 1. The number of hydrogen-bond donors (Lipinski definition) is 2. The van der Waals surface area contributed by atoms with Crippen molar-refractivity contribution in [3.05, 3.63) is 59.2 Å². The maximum absolute atomic E-state index is 13.5. The fourth-order valence-electron chi connectivity index (χ4n) is 4.45. The summed E-state index contributed by atoms with van der Waals surface area (Å²) in [5.41, 5.74) is 2.09. The van der Waals surface area contributed by atoms with E-state index in [-0.39, 0.29) is 24.2 Å². The number of halogens is 5. The molecule has 0 spiro atoms. The Hall–Kier alpha value is -4.47. The van der Waals surface area contributed by atoms with Gasteiger partial charge in [0.2, 0.25) is 11.8 Å². The molecule has 0 bridgehead atoms. The molecule has 0 saturated carbocycles. The first-order valence-electron chi connectivity index (χ1n) is 12.5. The van der Waals surface area contributed by atoms with Crippen molar-refractivity contribution in [3.8, 4) is 11.5 Å². The molecule has 16 heteroatoms. The van der Waals surface area contributed by atoms with E-state index in [0.717, 1.165) is 31.9 Å². The maximum atomic E-state index is 13.5. The summed E-state index contributed by atoms with van der Waals surface area (Å²) in [6.07, 6.45) is -6.56. The summed E-state index contributed by atoms with van der Waals surface area (Å²) < 4.78 is 62.1. The number of piperazine rings is 1. The van der Waals surface area contributed by atoms with Crippen molar-refractivity contribution >= 4 is 23.5 Å². The molecule has 5 rings (SSSR count). The van der Waals surface area contributed by atoms with Gasteiger partial charge in [-0.1, -0.05) is 6.07 Å². The van der Waals surface area contributed by atoms with Gasteiger partial charge in [0.25, 0.3) is 11.8 Å². The number of nitrogens with zero attached hydrogens (tertiary/aromatic N) is 5. The second kappa shape index (κ2) is 11.8. The number of amides is 2. The number of imide groups is 1. The van der Waals surface area contributed by atoms with E-state index in [0.29, 0.717) is 22.4 Å². The highest BCUT2D eigenvalue weighted by atomic mass is 19.4. The smallest absolute Gasteiger partial charge is 0.475 e. The van der Waals surface area contributed by atoms with Gasteiger partial charge in [-0.15, -0.1) is 10.2 Å². The summed E-state index contributed by atoms with van der Waals surface area (Å²) in [6, 6.07) is 8.90. The third-order valence-corrected chi connectivity index (χ3v) is 6.68. The van der Waals surface area contributed by atoms with Gasteiger partial charge in [-0.2, -0.15) is 22.0 Å². The van der Waals surface area contributed by atoms with E-state index in [1.165, 1.54) is 11.1 Å². The van der Waals surface area contributed by atoms with E-state index in [1.54, 1.807) is 12.1 Å². The number of rotatable bonds is 5. The molecule has 224 valence electrons. The molecule has 1 fully saturated rings. The number of benzene rings is 1. The van der Waals surface area contributed by atoms with Crippen LogP contribution in [0, 0.1) is 0 Å². The molecule has 2 N–H and O–H groups in total. The predicted molar refractivity (Wildman–Crippen MR) is 136 cm³/mol. The molecular weight excluding hydrogens is 571 g/mol. The molecular formula is C26H25F5N6O5. The van der Waals surface area contributed by atoms with Gasteiger partial charge in [-0.25, -0.2) is 4.79 Å². The average molecular weight is 597 g/mol. The Morgan fingerprint density at radius 2 is 1.79 bits per heavy atom. The second-order valence-electron chi connectivity index (χ2n) is 9.88. The van der Waals surface area contributed by atoms with Crippen molar-refractivity contribution < 1.29 is 45.9 Å². The Kier molecular flexibility index (Phi) is 8.56. The zero-order chi connectivity index (χ0) is 30.8. The van der Waals surface area contributed by atoms with Crippen molar-refractivity contribution in [2.45, 2.75) is 38.4 Å². The molecule has 1 saturated heterocycles. The minimum Gasteiger partial charge on any atom is -0.475 e. The van der Waals surface area contributed by atoms with Crippen LogP contribution < -0.4 is 10.2 Å². The van der Waals surface area contributed by atoms with E-state index < -0.39 is 29.9 Å². The van der Waals surface area contributed by atoms with Gasteiger partial charge in [0, 0.05) is 43.6 Å². The van der Waals surface area contributed by atoms with Crippen molar-refractivity contribution in [1.29, 1.82) is 0 Å². The molecule has 1 aromatic carbocycles. The summed E-state index contributed by atoms with van der Waals surface area (Å²) in [4.78, 5) is 43.4. The van der Waals surface area contributed by atoms with Crippen molar-refractivity contribution in [3.63, 3.8) is 0 Å². The molecule has 0 aliphatic carbocycles. The van der Waals surface area contributed by atoms with Gasteiger partial charge >= 0.3 is 18.6 Å². The highest BCUT2D eigenvalue weighted by molar-refractivity contribution is 6.13. The number of carboxylic acids is 1. The normalized spacial score (nSPS) is 16.7. The number of aliphatic carboxylic acids is 1.